The first-order valence-corrected chi connectivity index (χ1v) is 42.0. The van der Waals surface area contributed by atoms with Crippen LogP contribution in [0.25, 0.3) is 108 Å². The van der Waals surface area contributed by atoms with Crippen LogP contribution in [0.4, 0.5) is 0 Å². The fraction of sp³-hybridized carbons (Fsp3) is 0.261. The quantitative estimate of drug-likeness (QED) is 0.133. The molecule has 0 heteroatoms. The molecule has 0 spiro atoms. The highest BCUT2D eigenvalue weighted by Gasteiger charge is 2.05. The molecular formula is C111H142. The Morgan fingerprint density at radius 3 is 0.838 bits per heavy atom. The van der Waals surface area contributed by atoms with E-state index in [-0.39, 0.29) is 0 Å². The van der Waals surface area contributed by atoms with Crippen LogP contribution in [0.15, 0.2) is 334 Å². The molecule has 0 fully saturated rings. The Bertz CT molecular complexity index is 5160. The predicted molar refractivity (Wildman–Crippen MR) is 518 cm³/mol. The summed E-state index contributed by atoms with van der Waals surface area (Å²) in [6, 6.07) is 118. The second-order valence-electron chi connectivity index (χ2n) is 23.2. The van der Waals surface area contributed by atoms with E-state index in [9.17, 15) is 0 Å². The summed E-state index contributed by atoms with van der Waals surface area (Å²) < 4.78 is 0. The van der Waals surface area contributed by atoms with Crippen molar-refractivity contribution >= 4 is 108 Å². The summed E-state index contributed by atoms with van der Waals surface area (Å²) in [6.07, 6.45) is 0. The van der Waals surface area contributed by atoms with Gasteiger partial charge in [-0.3, -0.25) is 0 Å². The van der Waals surface area contributed by atoms with E-state index in [1.54, 1.807) is 0 Å². The predicted octanol–water partition coefficient (Wildman–Crippen LogP) is 36.8. The van der Waals surface area contributed by atoms with Gasteiger partial charge >= 0.3 is 0 Å². The lowest BCUT2D eigenvalue weighted by atomic mass is 9.99. The number of fused-ring (bicyclic) bond motifs is 14. The first-order valence-electron chi connectivity index (χ1n) is 42.0. The van der Waals surface area contributed by atoms with E-state index in [0.29, 0.717) is 0 Å². The minimum Gasteiger partial charge on any atom is -0.0683 e. The van der Waals surface area contributed by atoms with Crippen LogP contribution in [0.3, 0.4) is 0 Å². The monoisotopic (exact) mass is 1480 g/mol. The zero-order valence-corrected chi connectivity index (χ0v) is 74.3. The van der Waals surface area contributed by atoms with Crippen molar-refractivity contribution in [1.29, 1.82) is 0 Å². The van der Waals surface area contributed by atoms with Crippen molar-refractivity contribution in [3.63, 3.8) is 0 Å². The lowest BCUT2D eigenvalue weighted by Crippen LogP contribution is -1.80. The molecule has 0 bridgehead atoms. The van der Waals surface area contributed by atoms with Gasteiger partial charge < -0.3 is 0 Å². The standard InChI is InChI=1S/4C15H12.2C11H10.C7H8.11C2H6/c1-11-5-4-7-13-10-9-12-6-2-3-8-14(12)15(11)13;1-11-5-4-8-15-13(11)10-9-12-6-2-3-7-14(12)15;1-11-6-9-15-13(10-11)8-7-12-4-2-3-5-14(12)15;1-11-6-7-13-9-8-12-4-2-3-5-14(12)15(13)10-11;1-9-5-4-7-10-6-2-3-8-11(9)10;1-9-6-7-10-4-2-3-5-11(10)8-9;1-7-5-3-2-4-6-7;11*1-2/h4*2-10H,1H3;2*2-8H,1H3;2-6H,1H3;11*1-2H3. The Hall–Kier alpha value is -10.7. The molecule has 0 amide bonds. The second kappa shape index (κ2) is 61.2. The number of aryl methyl sites for hydroxylation is 7. The maximum absolute atomic E-state index is 2.26. The molecule has 17 aromatic rings. The Morgan fingerprint density at radius 1 is 0.117 bits per heavy atom. The average molecular weight is 1480 g/mol. The van der Waals surface area contributed by atoms with Crippen LogP contribution in [0.5, 0.6) is 0 Å². The molecule has 0 saturated heterocycles. The van der Waals surface area contributed by atoms with Gasteiger partial charge in [-0.25, -0.2) is 0 Å². The third-order valence-corrected chi connectivity index (χ3v) is 16.6. The first-order chi connectivity index (χ1) is 54.5. The molecule has 17 aromatic carbocycles. The van der Waals surface area contributed by atoms with E-state index in [1.165, 1.54) is 147 Å². The fourth-order valence-electron chi connectivity index (χ4n) is 11.9. The van der Waals surface area contributed by atoms with Crippen LogP contribution in [0, 0.1) is 48.5 Å². The topological polar surface area (TPSA) is 0 Å². The number of benzene rings is 17. The molecule has 0 radical (unpaired) electrons. The van der Waals surface area contributed by atoms with Gasteiger partial charge in [-0.05, 0) is 173 Å². The van der Waals surface area contributed by atoms with E-state index in [1.807, 2.05) is 171 Å². The summed E-state index contributed by atoms with van der Waals surface area (Å²) >= 11 is 0. The summed E-state index contributed by atoms with van der Waals surface area (Å²) in [5.74, 6) is 0. The molecule has 17 rings (SSSR count). The molecule has 0 aliphatic rings. The first kappa shape index (κ1) is 100. The minimum absolute atomic E-state index is 1.31. The zero-order chi connectivity index (χ0) is 83.5. The van der Waals surface area contributed by atoms with E-state index in [2.05, 4.69) is 364 Å². The highest BCUT2D eigenvalue weighted by molar-refractivity contribution is 6.11. The molecule has 0 N–H and O–H groups in total. The van der Waals surface area contributed by atoms with E-state index in [0.717, 1.165) is 0 Å². The van der Waals surface area contributed by atoms with E-state index < -0.39 is 0 Å². The van der Waals surface area contributed by atoms with Gasteiger partial charge in [0.2, 0.25) is 0 Å². The lowest BCUT2D eigenvalue weighted by molar-refractivity contribution is 1.48. The highest BCUT2D eigenvalue weighted by atomic mass is 14.1. The minimum atomic E-state index is 1.31. The van der Waals surface area contributed by atoms with Crippen molar-refractivity contribution in [3.05, 3.63) is 373 Å². The van der Waals surface area contributed by atoms with E-state index in [4.69, 9.17) is 0 Å². The van der Waals surface area contributed by atoms with Gasteiger partial charge in [0.05, 0.1) is 0 Å². The van der Waals surface area contributed by atoms with Crippen LogP contribution in [-0.2, 0) is 0 Å². The van der Waals surface area contributed by atoms with Gasteiger partial charge in [-0.2, -0.15) is 0 Å². The van der Waals surface area contributed by atoms with Crippen molar-refractivity contribution in [3.8, 4) is 0 Å². The summed E-state index contributed by atoms with van der Waals surface area (Å²) in [5.41, 5.74) is 9.33. The molecule has 0 aliphatic carbocycles. The maximum atomic E-state index is 2.26. The SMILES string of the molecule is CC.CC.CC.CC.CC.CC.CC.CC.CC.CC.CC.Cc1ccc2c(ccc3ccccc32)c1.Cc1ccc2ccc3ccccc3c2c1.Cc1ccc2ccccc2c1.Cc1cccc2c1ccc1ccccc12.Cc1cccc2ccc3ccccc3c12.Cc1cccc2ccccc12.Cc1ccccc1. The van der Waals surface area contributed by atoms with Crippen LogP contribution >= 0.6 is 0 Å². The Morgan fingerprint density at radius 2 is 0.369 bits per heavy atom. The van der Waals surface area contributed by atoms with Gasteiger partial charge in [0.15, 0.2) is 0 Å². The van der Waals surface area contributed by atoms with Crippen molar-refractivity contribution in [1.82, 2.24) is 0 Å². The fourth-order valence-corrected chi connectivity index (χ4v) is 11.9. The van der Waals surface area contributed by atoms with Gasteiger partial charge in [0, 0.05) is 0 Å². The molecule has 111 heavy (non-hydrogen) atoms. The van der Waals surface area contributed by atoms with Crippen LogP contribution in [-0.4, -0.2) is 0 Å². The molecule has 0 heterocycles. The van der Waals surface area contributed by atoms with Gasteiger partial charge in [-0.1, -0.05) is 508 Å². The molecule has 586 valence electrons. The van der Waals surface area contributed by atoms with Crippen LogP contribution in [0.2, 0.25) is 0 Å². The largest absolute Gasteiger partial charge is 0.0683 e. The number of hydrogen-bond donors (Lipinski definition) is 0. The van der Waals surface area contributed by atoms with Crippen molar-refractivity contribution in [2.24, 2.45) is 0 Å². The summed E-state index contributed by atoms with van der Waals surface area (Å²) in [4.78, 5) is 0. The normalized spacial score (nSPS) is 9.13. The Kier molecular flexibility index (Phi) is 55.3. The van der Waals surface area contributed by atoms with Gasteiger partial charge in [0.25, 0.3) is 0 Å². The van der Waals surface area contributed by atoms with Crippen LogP contribution < -0.4 is 0 Å². The summed E-state index contributed by atoms with van der Waals surface area (Å²) in [6.45, 7) is 59.0. The van der Waals surface area contributed by atoms with Crippen molar-refractivity contribution < 1.29 is 0 Å². The third-order valence-electron chi connectivity index (χ3n) is 16.6. The lowest BCUT2D eigenvalue weighted by Gasteiger charge is -2.06. The average Bonchev–Trinajstić information content (AvgIpc) is 0.798. The highest BCUT2D eigenvalue weighted by Crippen LogP contribution is 2.31. The summed E-state index contributed by atoms with van der Waals surface area (Å²) in [7, 11) is 0. The maximum Gasteiger partial charge on any atom is -0.00761 e. The molecule has 0 unspecified atom stereocenters. The molecule has 0 saturated carbocycles. The smallest absolute Gasteiger partial charge is 0.00761 e. The van der Waals surface area contributed by atoms with Crippen molar-refractivity contribution in [2.45, 2.75) is 201 Å². The van der Waals surface area contributed by atoms with Crippen molar-refractivity contribution in [2.75, 3.05) is 0 Å². The number of hydrogen-bond acceptors (Lipinski definition) is 0. The Balaban J connectivity index is 0.00000123. The summed E-state index contributed by atoms with van der Waals surface area (Å²) in [5, 5.41) is 26.8. The molecule has 0 nitrogen and oxygen atoms in total. The Labute approximate surface area is 676 Å². The van der Waals surface area contributed by atoms with Gasteiger partial charge in [0.1, 0.15) is 0 Å². The molecular weight excluding hydrogens is 1330 g/mol. The van der Waals surface area contributed by atoms with E-state index >= 15 is 0 Å². The molecule has 0 atom stereocenters. The molecule has 0 aromatic heterocycles. The van der Waals surface area contributed by atoms with Crippen LogP contribution in [0.1, 0.15) is 191 Å². The third kappa shape index (κ3) is 31.7. The molecule has 0 aliphatic heterocycles. The zero-order valence-electron chi connectivity index (χ0n) is 74.3. The number of rotatable bonds is 0. The second-order valence-corrected chi connectivity index (χ2v) is 23.2. The van der Waals surface area contributed by atoms with Gasteiger partial charge in [-0.15, -0.1) is 0 Å².